The molecule has 0 amide bonds. The number of rotatable bonds is 9. The fourth-order valence-electron chi connectivity index (χ4n) is 3.76. The molecule has 1 fully saturated rings. The van der Waals surface area contributed by atoms with E-state index in [0.29, 0.717) is 29.8 Å². The predicted octanol–water partition coefficient (Wildman–Crippen LogP) is 3.68. The second kappa shape index (κ2) is 10.4. The van der Waals surface area contributed by atoms with Crippen LogP contribution in [0.1, 0.15) is 30.7 Å². The molecule has 1 aliphatic heterocycles. The van der Waals surface area contributed by atoms with Crippen molar-refractivity contribution in [1.29, 1.82) is 0 Å². The lowest BCUT2D eigenvalue weighted by molar-refractivity contribution is -0.122. The van der Waals surface area contributed by atoms with Crippen LogP contribution in [0.2, 0.25) is 0 Å². The summed E-state index contributed by atoms with van der Waals surface area (Å²) in [6, 6.07) is 15.4. The van der Waals surface area contributed by atoms with Crippen molar-refractivity contribution in [2.45, 2.75) is 25.8 Å². The van der Waals surface area contributed by atoms with Crippen molar-refractivity contribution in [2.75, 3.05) is 29.7 Å². The average Bonchev–Trinajstić information content (AvgIpc) is 3.33. The van der Waals surface area contributed by atoms with Crippen LogP contribution in [-0.4, -0.2) is 54.7 Å². The normalized spacial score (nSPS) is 15.1. The highest BCUT2D eigenvalue weighted by molar-refractivity contribution is 7.92. The Morgan fingerprint density at radius 3 is 2.44 bits per heavy atom. The summed E-state index contributed by atoms with van der Waals surface area (Å²) in [5.74, 6) is -0.780. The molecule has 3 aromatic rings. The first-order chi connectivity index (χ1) is 16.3. The van der Waals surface area contributed by atoms with Crippen LogP contribution >= 0.6 is 0 Å². The average molecular weight is 491 g/mol. The summed E-state index contributed by atoms with van der Waals surface area (Å²) in [4.78, 5) is 13.6. The minimum atomic E-state index is -3.70. The van der Waals surface area contributed by atoms with E-state index in [9.17, 15) is 22.0 Å². The smallest absolute Gasteiger partial charge is 0.314 e. The van der Waals surface area contributed by atoms with Crippen molar-refractivity contribution >= 4 is 21.5 Å². The van der Waals surface area contributed by atoms with Crippen LogP contribution in [0.15, 0.2) is 59.0 Å². The summed E-state index contributed by atoms with van der Waals surface area (Å²) >= 11 is 0. The van der Waals surface area contributed by atoms with Gasteiger partial charge in [0, 0.05) is 18.5 Å². The summed E-state index contributed by atoms with van der Waals surface area (Å²) in [5.41, 5.74) is 1.67. The maximum absolute atomic E-state index is 13.3. The molecule has 0 N–H and O–H groups in total. The molecule has 11 heteroatoms. The van der Waals surface area contributed by atoms with Gasteiger partial charge in [-0.05, 0) is 42.8 Å². The Balaban J connectivity index is 1.51. The molecule has 0 atom stereocenters. The lowest BCUT2D eigenvalue weighted by Gasteiger charge is -2.28. The van der Waals surface area contributed by atoms with Crippen LogP contribution in [0.25, 0.3) is 11.5 Å². The Morgan fingerprint density at radius 1 is 1.06 bits per heavy atom. The monoisotopic (exact) mass is 490 g/mol. The number of anilines is 1. The summed E-state index contributed by atoms with van der Waals surface area (Å²) in [6.45, 7) is 1.35. The fraction of sp³-hybridized carbons (Fsp3) is 0.348. The van der Waals surface area contributed by atoms with Gasteiger partial charge in [-0.2, -0.15) is 8.78 Å². The number of sulfonamides is 1. The van der Waals surface area contributed by atoms with Crippen molar-refractivity contribution in [1.82, 2.24) is 15.1 Å². The third kappa shape index (κ3) is 5.84. The minimum absolute atomic E-state index is 0.0366. The van der Waals surface area contributed by atoms with E-state index in [1.165, 1.54) is 4.31 Å². The number of likely N-dealkylation sites (tertiary alicyclic amines) is 1. The Bertz CT molecular complexity index is 1220. The van der Waals surface area contributed by atoms with Gasteiger partial charge in [0.15, 0.2) is 0 Å². The molecule has 1 saturated heterocycles. The molecule has 2 heterocycles. The summed E-state index contributed by atoms with van der Waals surface area (Å²) in [7, 11) is -3.70. The van der Waals surface area contributed by atoms with E-state index in [4.69, 9.17) is 4.42 Å². The van der Waals surface area contributed by atoms with Crippen molar-refractivity contribution in [2.24, 2.45) is 0 Å². The SMILES string of the molecule is O=C1CCCN(CCS(=O)(=O)N(Cc2ccc(-c3nnc(C(F)F)o3)cc2)c2ccccc2)C1. The number of piperidine rings is 1. The van der Waals surface area contributed by atoms with Crippen molar-refractivity contribution in [3.8, 4) is 11.5 Å². The van der Waals surface area contributed by atoms with Gasteiger partial charge >= 0.3 is 6.43 Å². The van der Waals surface area contributed by atoms with Crippen molar-refractivity contribution < 1.29 is 26.4 Å². The highest BCUT2D eigenvalue weighted by Gasteiger charge is 2.25. The van der Waals surface area contributed by atoms with Crippen molar-refractivity contribution in [3.63, 3.8) is 0 Å². The number of carbonyl (C=O) groups is 1. The third-order valence-electron chi connectivity index (χ3n) is 5.53. The topological polar surface area (TPSA) is 96.6 Å². The molecule has 0 saturated carbocycles. The van der Waals surface area contributed by atoms with Gasteiger partial charge < -0.3 is 4.42 Å². The standard InChI is InChI=1S/C23H24F2N4O4S/c24-21(25)23-27-26-22(33-23)18-10-8-17(9-11-18)15-29(19-5-2-1-3-6-19)34(31,32)14-13-28-12-4-7-20(30)16-28/h1-3,5-6,8-11,21H,4,7,12-16H2. The Morgan fingerprint density at radius 2 is 1.79 bits per heavy atom. The maximum atomic E-state index is 13.3. The van der Waals surface area contributed by atoms with Crippen LogP contribution in [0.5, 0.6) is 0 Å². The molecule has 180 valence electrons. The minimum Gasteiger partial charge on any atom is -0.415 e. The molecule has 0 bridgehead atoms. The zero-order valence-electron chi connectivity index (χ0n) is 18.3. The molecule has 34 heavy (non-hydrogen) atoms. The van der Waals surface area contributed by atoms with Gasteiger partial charge in [0.2, 0.25) is 15.9 Å². The van der Waals surface area contributed by atoms with E-state index in [1.807, 2.05) is 4.90 Å². The van der Waals surface area contributed by atoms with Crippen LogP contribution in [-0.2, 0) is 21.4 Å². The van der Waals surface area contributed by atoms with Gasteiger partial charge in [-0.3, -0.25) is 14.0 Å². The van der Waals surface area contributed by atoms with Crippen LogP contribution < -0.4 is 4.31 Å². The van der Waals surface area contributed by atoms with Gasteiger partial charge in [0.05, 0.1) is 24.5 Å². The first-order valence-corrected chi connectivity index (χ1v) is 12.4. The summed E-state index contributed by atoms with van der Waals surface area (Å²) in [5, 5.41) is 6.95. The number of alkyl halides is 2. The molecule has 1 aliphatic rings. The first-order valence-electron chi connectivity index (χ1n) is 10.8. The Kier molecular flexibility index (Phi) is 7.32. The number of aromatic nitrogens is 2. The molecule has 0 radical (unpaired) electrons. The second-order valence-electron chi connectivity index (χ2n) is 8.02. The number of Topliss-reactive ketones (excluding diaryl/α,β-unsaturated/α-hetero) is 1. The quantitative estimate of drug-likeness (QED) is 0.451. The molecule has 4 rings (SSSR count). The molecule has 0 unspecified atom stereocenters. The van der Waals surface area contributed by atoms with Gasteiger partial charge in [0.1, 0.15) is 5.78 Å². The van der Waals surface area contributed by atoms with E-state index in [-0.39, 0.29) is 37.1 Å². The molecule has 0 aliphatic carbocycles. The molecule has 8 nitrogen and oxygen atoms in total. The highest BCUT2D eigenvalue weighted by Crippen LogP contribution is 2.25. The Labute approximate surface area is 196 Å². The highest BCUT2D eigenvalue weighted by atomic mass is 32.2. The zero-order valence-corrected chi connectivity index (χ0v) is 19.1. The lowest BCUT2D eigenvalue weighted by Crippen LogP contribution is -2.41. The number of benzene rings is 2. The number of carbonyl (C=O) groups excluding carboxylic acids is 1. The number of nitrogens with zero attached hydrogens (tertiary/aromatic N) is 4. The number of hydrogen-bond donors (Lipinski definition) is 0. The summed E-state index contributed by atoms with van der Waals surface area (Å²) < 4.78 is 58.4. The van der Waals surface area contributed by atoms with E-state index in [2.05, 4.69) is 10.2 Å². The van der Waals surface area contributed by atoms with Gasteiger partial charge in [-0.15, -0.1) is 10.2 Å². The van der Waals surface area contributed by atoms with Crippen molar-refractivity contribution in [3.05, 3.63) is 66.1 Å². The third-order valence-corrected chi connectivity index (χ3v) is 7.24. The Hall–Kier alpha value is -3.18. The number of ketones is 1. The van der Waals surface area contributed by atoms with E-state index in [0.717, 1.165) is 6.42 Å². The van der Waals surface area contributed by atoms with Crippen LogP contribution in [0.3, 0.4) is 0 Å². The molecule has 2 aromatic carbocycles. The molecular weight excluding hydrogens is 466 g/mol. The van der Waals surface area contributed by atoms with E-state index < -0.39 is 22.3 Å². The summed E-state index contributed by atoms with van der Waals surface area (Å²) in [6.07, 6.45) is -1.57. The van der Waals surface area contributed by atoms with Gasteiger partial charge in [-0.1, -0.05) is 30.3 Å². The maximum Gasteiger partial charge on any atom is 0.314 e. The molecular formula is C23H24F2N4O4S. The van der Waals surface area contributed by atoms with Gasteiger partial charge in [0.25, 0.3) is 5.89 Å². The zero-order chi connectivity index (χ0) is 24.1. The predicted molar refractivity (Wildman–Crippen MR) is 122 cm³/mol. The molecule has 0 spiro atoms. The van der Waals surface area contributed by atoms with E-state index in [1.54, 1.807) is 54.6 Å². The number of halogens is 2. The van der Waals surface area contributed by atoms with E-state index >= 15 is 0 Å². The molecule has 1 aromatic heterocycles. The fourth-order valence-corrected chi connectivity index (χ4v) is 5.25. The van der Waals surface area contributed by atoms with Gasteiger partial charge in [-0.25, -0.2) is 8.42 Å². The second-order valence-corrected chi connectivity index (χ2v) is 10.0. The number of hydrogen-bond acceptors (Lipinski definition) is 7. The van der Waals surface area contributed by atoms with Crippen LogP contribution in [0.4, 0.5) is 14.5 Å². The lowest BCUT2D eigenvalue weighted by atomic mass is 10.1. The van der Waals surface area contributed by atoms with Crippen LogP contribution in [0, 0.1) is 0 Å². The first kappa shape index (κ1) is 24.0. The largest absolute Gasteiger partial charge is 0.415 e. The number of para-hydroxylation sites is 1.